The molecule has 1 aliphatic heterocycles. The largest absolute Gasteiger partial charge is 0.397 e. The van der Waals surface area contributed by atoms with Crippen LogP contribution in [0.2, 0.25) is 0 Å². The van der Waals surface area contributed by atoms with Gasteiger partial charge in [0, 0.05) is 25.2 Å². The minimum atomic E-state index is 0.553. The van der Waals surface area contributed by atoms with Gasteiger partial charge in [0.25, 0.3) is 0 Å². The van der Waals surface area contributed by atoms with Gasteiger partial charge in [0.2, 0.25) is 0 Å². The molecule has 2 rings (SSSR count). The van der Waals surface area contributed by atoms with Crippen LogP contribution >= 0.6 is 0 Å². The highest BCUT2D eigenvalue weighted by Gasteiger charge is 2.27. The van der Waals surface area contributed by atoms with Gasteiger partial charge in [-0.05, 0) is 39.4 Å². The number of likely N-dealkylation sites (N-methyl/N-ethyl adjacent to an activating group) is 1. The smallest absolute Gasteiger partial charge is 0.131 e. The maximum absolute atomic E-state index is 5.74. The summed E-state index contributed by atoms with van der Waals surface area (Å²) >= 11 is 0. The fourth-order valence-corrected chi connectivity index (χ4v) is 2.50. The summed E-state index contributed by atoms with van der Waals surface area (Å²) in [6, 6.07) is 3.10. The van der Waals surface area contributed by atoms with Gasteiger partial charge in [0.15, 0.2) is 0 Å². The zero-order chi connectivity index (χ0) is 12.6. The fraction of sp³-hybridized carbons (Fsp3) is 0.615. The molecule has 2 N–H and O–H groups in total. The Labute approximate surface area is 103 Å². The van der Waals surface area contributed by atoms with Crippen molar-refractivity contribution in [2.24, 2.45) is 0 Å². The van der Waals surface area contributed by atoms with E-state index in [9.17, 15) is 0 Å². The van der Waals surface area contributed by atoms with Gasteiger partial charge < -0.3 is 10.6 Å². The first-order valence-electron chi connectivity index (χ1n) is 6.18. The van der Waals surface area contributed by atoms with E-state index in [1.165, 1.54) is 0 Å². The Morgan fingerprint density at radius 1 is 1.29 bits per heavy atom. The second-order valence-electron chi connectivity index (χ2n) is 5.18. The first-order chi connectivity index (χ1) is 7.99. The second kappa shape index (κ2) is 4.53. The third kappa shape index (κ3) is 2.36. The molecule has 1 aromatic heterocycles. The molecule has 1 aromatic rings. The summed E-state index contributed by atoms with van der Waals surface area (Å²) < 4.78 is 0. The van der Waals surface area contributed by atoms with E-state index in [4.69, 9.17) is 5.73 Å². The summed E-state index contributed by atoms with van der Waals surface area (Å²) in [5.74, 6) is 1.08. The zero-order valence-electron chi connectivity index (χ0n) is 11.1. The zero-order valence-corrected chi connectivity index (χ0v) is 11.1. The van der Waals surface area contributed by atoms with Gasteiger partial charge in [-0.3, -0.25) is 4.90 Å². The summed E-state index contributed by atoms with van der Waals surface area (Å²) in [7, 11) is 2.19. The topological polar surface area (TPSA) is 45.4 Å². The van der Waals surface area contributed by atoms with Crippen LogP contribution in [0.5, 0.6) is 0 Å². The highest BCUT2D eigenvalue weighted by atomic mass is 15.3. The molecule has 0 aliphatic carbocycles. The van der Waals surface area contributed by atoms with Crippen molar-refractivity contribution in [3.05, 3.63) is 17.8 Å². The molecule has 2 unspecified atom stereocenters. The molecule has 4 nitrogen and oxygen atoms in total. The monoisotopic (exact) mass is 234 g/mol. The van der Waals surface area contributed by atoms with Crippen molar-refractivity contribution in [3.8, 4) is 0 Å². The van der Waals surface area contributed by atoms with E-state index in [0.29, 0.717) is 12.1 Å². The highest BCUT2D eigenvalue weighted by Crippen LogP contribution is 2.23. The average molecular weight is 234 g/mol. The number of hydrogen-bond acceptors (Lipinski definition) is 4. The Kier molecular flexibility index (Phi) is 3.24. The number of pyridine rings is 1. The molecule has 0 bridgehead atoms. The van der Waals surface area contributed by atoms with Gasteiger partial charge in [0.05, 0.1) is 11.9 Å². The van der Waals surface area contributed by atoms with E-state index in [-0.39, 0.29) is 0 Å². The third-order valence-electron chi connectivity index (χ3n) is 3.73. The predicted octanol–water partition coefficient (Wildman–Crippen LogP) is 1.50. The van der Waals surface area contributed by atoms with E-state index >= 15 is 0 Å². The lowest BCUT2D eigenvalue weighted by Crippen LogP contribution is -2.55. The van der Waals surface area contributed by atoms with Gasteiger partial charge in [0.1, 0.15) is 5.82 Å². The van der Waals surface area contributed by atoms with Crippen molar-refractivity contribution >= 4 is 11.5 Å². The van der Waals surface area contributed by atoms with E-state index in [0.717, 1.165) is 30.2 Å². The van der Waals surface area contributed by atoms with Crippen LogP contribution in [0.4, 0.5) is 11.5 Å². The number of nitrogens with two attached hydrogens (primary N) is 1. The number of nitrogen functional groups attached to an aromatic ring is 1. The molecule has 2 heterocycles. The molecule has 1 aliphatic rings. The van der Waals surface area contributed by atoms with Crippen LogP contribution < -0.4 is 10.6 Å². The Bertz CT molecular complexity index is 392. The quantitative estimate of drug-likeness (QED) is 0.800. The molecule has 4 heteroatoms. The number of piperazine rings is 1. The summed E-state index contributed by atoms with van der Waals surface area (Å²) in [5.41, 5.74) is 7.64. The molecule has 1 fully saturated rings. The number of aromatic nitrogens is 1. The Morgan fingerprint density at radius 2 is 1.88 bits per heavy atom. The molecule has 94 valence electrons. The molecule has 0 saturated carbocycles. The summed E-state index contributed by atoms with van der Waals surface area (Å²) in [6.07, 6.45) is 1.75. The van der Waals surface area contributed by atoms with Crippen LogP contribution in [-0.2, 0) is 0 Å². The molecule has 0 aromatic carbocycles. The van der Waals surface area contributed by atoms with Crippen molar-refractivity contribution in [3.63, 3.8) is 0 Å². The normalized spacial score (nSPS) is 26.2. The lowest BCUT2D eigenvalue weighted by molar-refractivity contribution is 0.169. The summed E-state index contributed by atoms with van der Waals surface area (Å²) in [6.45, 7) is 8.65. The molecule has 0 amide bonds. The van der Waals surface area contributed by atoms with Gasteiger partial charge in [-0.15, -0.1) is 0 Å². The number of anilines is 2. The molecule has 0 radical (unpaired) electrons. The molecular weight excluding hydrogens is 212 g/mol. The number of nitrogens with zero attached hydrogens (tertiary/aromatic N) is 3. The minimum Gasteiger partial charge on any atom is -0.397 e. The first-order valence-corrected chi connectivity index (χ1v) is 6.18. The molecule has 0 spiro atoms. The van der Waals surface area contributed by atoms with E-state index in [2.05, 4.69) is 42.6 Å². The van der Waals surface area contributed by atoms with Gasteiger partial charge >= 0.3 is 0 Å². The second-order valence-corrected chi connectivity index (χ2v) is 5.18. The van der Waals surface area contributed by atoms with Crippen molar-refractivity contribution in [2.75, 3.05) is 30.8 Å². The van der Waals surface area contributed by atoms with Gasteiger partial charge in [-0.1, -0.05) is 0 Å². The Balaban J connectivity index is 2.23. The van der Waals surface area contributed by atoms with Crippen LogP contribution in [-0.4, -0.2) is 42.1 Å². The predicted molar refractivity (Wildman–Crippen MR) is 72.3 cm³/mol. The van der Waals surface area contributed by atoms with Gasteiger partial charge in [-0.2, -0.15) is 0 Å². The van der Waals surface area contributed by atoms with Crippen molar-refractivity contribution in [1.29, 1.82) is 0 Å². The number of rotatable bonds is 1. The fourth-order valence-electron chi connectivity index (χ4n) is 2.50. The highest BCUT2D eigenvalue weighted by molar-refractivity contribution is 5.53. The minimum absolute atomic E-state index is 0.553. The number of aryl methyl sites for hydroxylation is 1. The maximum atomic E-state index is 5.74. The van der Waals surface area contributed by atoms with Crippen molar-refractivity contribution < 1.29 is 0 Å². The summed E-state index contributed by atoms with van der Waals surface area (Å²) in [5, 5.41) is 0. The molecule has 1 saturated heterocycles. The van der Waals surface area contributed by atoms with Crippen LogP contribution in [0.1, 0.15) is 19.4 Å². The van der Waals surface area contributed by atoms with Crippen LogP contribution in [0.15, 0.2) is 12.3 Å². The maximum Gasteiger partial charge on any atom is 0.131 e. The van der Waals surface area contributed by atoms with E-state index < -0.39 is 0 Å². The standard InChI is InChI=1S/C13H22N4/c1-9-5-12(14)6-15-13(9)17-7-10(2)16(4)11(3)8-17/h5-6,10-11H,7-8,14H2,1-4H3. The van der Waals surface area contributed by atoms with Crippen LogP contribution in [0.25, 0.3) is 0 Å². The van der Waals surface area contributed by atoms with Gasteiger partial charge in [-0.25, -0.2) is 4.98 Å². The third-order valence-corrected chi connectivity index (χ3v) is 3.73. The Morgan fingerprint density at radius 3 is 2.41 bits per heavy atom. The van der Waals surface area contributed by atoms with E-state index in [1.807, 2.05) is 6.07 Å². The summed E-state index contributed by atoms with van der Waals surface area (Å²) in [4.78, 5) is 9.26. The average Bonchev–Trinajstić information content (AvgIpc) is 2.25. The lowest BCUT2D eigenvalue weighted by atomic mass is 10.1. The first kappa shape index (κ1) is 12.2. The molecule has 17 heavy (non-hydrogen) atoms. The lowest BCUT2D eigenvalue weighted by Gasteiger charge is -2.43. The number of hydrogen-bond donors (Lipinski definition) is 1. The van der Waals surface area contributed by atoms with E-state index in [1.54, 1.807) is 6.20 Å². The van der Waals surface area contributed by atoms with Crippen LogP contribution in [0, 0.1) is 6.92 Å². The van der Waals surface area contributed by atoms with Crippen molar-refractivity contribution in [2.45, 2.75) is 32.9 Å². The van der Waals surface area contributed by atoms with Crippen LogP contribution in [0.3, 0.4) is 0 Å². The Hall–Kier alpha value is -1.29. The molecular formula is C13H22N4. The van der Waals surface area contributed by atoms with Crippen molar-refractivity contribution in [1.82, 2.24) is 9.88 Å². The SMILES string of the molecule is Cc1cc(N)cnc1N1CC(C)N(C)C(C)C1. The molecule has 2 atom stereocenters.